The third-order valence-electron chi connectivity index (χ3n) is 4.36. The molecule has 1 aliphatic heterocycles. The lowest BCUT2D eigenvalue weighted by Gasteiger charge is -2.12. The van der Waals surface area contributed by atoms with E-state index in [4.69, 9.17) is 9.47 Å². The Balaban J connectivity index is 1.76. The van der Waals surface area contributed by atoms with Crippen LogP contribution in [0.2, 0.25) is 0 Å². The highest BCUT2D eigenvalue weighted by Gasteiger charge is 2.33. The lowest BCUT2D eigenvalue weighted by molar-refractivity contribution is -0.145. The molecule has 3 amide bonds. The molecule has 1 heterocycles. The number of halogens is 2. The first kappa shape index (κ1) is 23.0. The van der Waals surface area contributed by atoms with Crippen molar-refractivity contribution in [2.75, 3.05) is 13.2 Å². The number of ether oxygens (including phenoxy) is 2. The number of nitrogens with zero attached hydrogens (tertiary/aromatic N) is 1. The highest BCUT2D eigenvalue weighted by molar-refractivity contribution is 9.11. The number of esters is 1. The molecule has 162 valence electrons. The van der Waals surface area contributed by atoms with E-state index >= 15 is 0 Å². The quantitative estimate of drug-likeness (QED) is 0.310. The zero-order chi connectivity index (χ0) is 22.5. The summed E-state index contributed by atoms with van der Waals surface area (Å²) in [6.07, 6.45) is 1.58. The van der Waals surface area contributed by atoms with Gasteiger partial charge in [0.25, 0.3) is 5.91 Å². The van der Waals surface area contributed by atoms with E-state index in [1.165, 1.54) is 4.90 Å². The first-order valence-corrected chi connectivity index (χ1v) is 11.0. The number of urea groups is 1. The third-order valence-corrected chi connectivity index (χ3v) is 5.53. The van der Waals surface area contributed by atoms with Gasteiger partial charge in [-0.25, -0.2) is 9.59 Å². The molecule has 0 spiro atoms. The topological polar surface area (TPSA) is 84.9 Å². The second-order valence-corrected chi connectivity index (χ2v) is 8.48. The van der Waals surface area contributed by atoms with Crippen LogP contribution in [0.4, 0.5) is 4.79 Å². The summed E-state index contributed by atoms with van der Waals surface area (Å²) in [4.78, 5) is 37.8. The van der Waals surface area contributed by atoms with Crippen molar-refractivity contribution in [2.24, 2.45) is 0 Å². The minimum Gasteiger partial charge on any atom is -0.480 e. The highest BCUT2D eigenvalue weighted by atomic mass is 79.9. The van der Waals surface area contributed by atoms with E-state index in [9.17, 15) is 14.4 Å². The maximum Gasteiger partial charge on any atom is 0.344 e. The summed E-state index contributed by atoms with van der Waals surface area (Å²) in [6.45, 7) is 3.91. The summed E-state index contributed by atoms with van der Waals surface area (Å²) >= 11 is 6.81. The Bertz CT molecular complexity index is 1040. The molecule has 1 fully saturated rings. The van der Waals surface area contributed by atoms with Gasteiger partial charge in [-0.15, -0.1) is 0 Å². The number of rotatable bonds is 7. The number of carbonyl (C=O) groups excluding carboxylic acids is 3. The van der Waals surface area contributed by atoms with Crippen LogP contribution in [0.5, 0.6) is 5.75 Å². The van der Waals surface area contributed by atoms with Gasteiger partial charge in [-0.3, -0.25) is 9.69 Å². The molecule has 1 aliphatic rings. The van der Waals surface area contributed by atoms with Crippen LogP contribution in [0.3, 0.4) is 0 Å². The maximum atomic E-state index is 12.8. The molecule has 0 aliphatic carbocycles. The smallest absolute Gasteiger partial charge is 0.344 e. The molecule has 2 aromatic rings. The fraction of sp³-hybridized carbons (Fsp3) is 0.227. The van der Waals surface area contributed by atoms with Gasteiger partial charge in [-0.2, -0.15) is 0 Å². The summed E-state index contributed by atoms with van der Waals surface area (Å²) in [5.74, 6) is -0.445. The van der Waals surface area contributed by atoms with Crippen molar-refractivity contribution in [3.63, 3.8) is 0 Å². The van der Waals surface area contributed by atoms with Crippen molar-refractivity contribution in [3.8, 4) is 5.75 Å². The lowest BCUT2D eigenvalue weighted by Crippen LogP contribution is -2.30. The van der Waals surface area contributed by atoms with Crippen LogP contribution in [0, 0.1) is 6.92 Å². The number of aryl methyl sites for hydroxylation is 1. The van der Waals surface area contributed by atoms with E-state index in [-0.39, 0.29) is 25.5 Å². The van der Waals surface area contributed by atoms with Gasteiger partial charge in [0.05, 0.1) is 22.1 Å². The largest absolute Gasteiger partial charge is 0.480 e. The van der Waals surface area contributed by atoms with Crippen LogP contribution in [0.1, 0.15) is 23.6 Å². The molecule has 0 atom stereocenters. The van der Waals surface area contributed by atoms with Crippen LogP contribution < -0.4 is 10.1 Å². The Hall–Kier alpha value is -2.65. The first-order valence-electron chi connectivity index (χ1n) is 9.46. The molecule has 31 heavy (non-hydrogen) atoms. The number of amides is 3. The number of nitrogens with one attached hydrogen (secondary N) is 1. The van der Waals surface area contributed by atoms with E-state index in [2.05, 4.69) is 37.2 Å². The van der Waals surface area contributed by atoms with Gasteiger partial charge in [0.1, 0.15) is 11.4 Å². The SMILES string of the molecule is CCOC(=O)COc1c(Br)cc(/C=C2/NC(=O)N(Cc3cccc(C)c3)C2=O)cc1Br. The van der Waals surface area contributed by atoms with E-state index in [0.717, 1.165) is 11.1 Å². The number of carbonyl (C=O) groups is 3. The monoisotopic (exact) mass is 550 g/mol. The van der Waals surface area contributed by atoms with Crippen molar-refractivity contribution < 1.29 is 23.9 Å². The van der Waals surface area contributed by atoms with Crippen molar-refractivity contribution >= 4 is 55.8 Å². The van der Waals surface area contributed by atoms with Crippen molar-refractivity contribution in [1.29, 1.82) is 0 Å². The summed E-state index contributed by atoms with van der Waals surface area (Å²) in [5.41, 5.74) is 2.76. The summed E-state index contributed by atoms with van der Waals surface area (Å²) in [7, 11) is 0. The van der Waals surface area contributed by atoms with Gasteiger partial charge in [0.2, 0.25) is 0 Å². The minimum absolute atomic E-state index is 0.177. The van der Waals surface area contributed by atoms with Crippen LogP contribution in [0.15, 0.2) is 51.0 Å². The fourth-order valence-corrected chi connectivity index (χ4v) is 4.46. The number of hydrogen-bond acceptors (Lipinski definition) is 5. The summed E-state index contributed by atoms with van der Waals surface area (Å²) < 4.78 is 11.5. The van der Waals surface area contributed by atoms with Gasteiger partial charge < -0.3 is 14.8 Å². The predicted molar refractivity (Wildman–Crippen MR) is 122 cm³/mol. The van der Waals surface area contributed by atoms with Gasteiger partial charge in [0.15, 0.2) is 6.61 Å². The van der Waals surface area contributed by atoms with Crippen LogP contribution in [0.25, 0.3) is 6.08 Å². The van der Waals surface area contributed by atoms with Crippen LogP contribution in [-0.2, 0) is 20.9 Å². The Morgan fingerprint density at radius 1 is 1.16 bits per heavy atom. The lowest BCUT2D eigenvalue weighted by atomic mass is 10.1. The van der Waals surface area contributed by atoms with Gasteiger partial charge in [-0.05, 0) is 75.0 Å². The standard InChI is InChI=1S/C22H20Br2N2O5/c1-3-30-19(27)12-31-20-16(23)8-15(9-17(20)24)10-18-21(28)26(22(29)25-18)11-14-6-4-5-13(2)7-14/h4-10H,3,11-12H2,1-2H3,(H,25,29)/b18-10+. The number of benzene rings is 2. The molecule has 0 bridgehead atoms. The Kier molecular flexibility index (Phi) is 7.50. The molecule has 0 unspecified atom stereocenters. The molecule has 2 aromatic carbocycles. The number of imide groups is 1. The Labute approximate surface area is 196 Å². The average molecular weight is 552 g/mol. The molecule has 1 N–H and O–H groups in total. The molecular weight excluding hydrogens is 532 g/mol. The Morgan fingerprint density at radius 3 is 2.52 bits per heavy atom. The molecule has 0 aromatic heterocycles. The van der Waals surface area contributed by atoms with Gasteiger partial charge in [-0.1, -0.05) is 29.8 Å². The predicted octanol–water partition coefficient (Wildman–Crippen LogP) is 4.55. The Morgan fingerprint density at radius 2 is 1.87 bits per heavy atom. The normalized spacial score (nSPS) is 14.7. The molecule has 9 heteroatoms. The van der Waals surface area contributed by atoms with E-state index in [1.54, 1.807) is 25.1 Å². The zero-order valence-electron chi connectivity index (χ0n) is 16.9. The molecule has 1 saturated heterocycles. The average Bonchev–Trinajstić information content (AvgIpc) is 2.95. The summed E-state index contributed by atoms with van der Waals surface area (Å²) in [5, 5.41) is 2.62. The molecule has 3 rings (SSSR count). The van der Waals surface area contributed by atoms with Gasteiger partial charge >= 0.3 is 12.0 Å². The molecule has 7 nitrogen and oxygen atoms in total. The fourth-order valence-electron chi connectivity index (χ4n) is 3.01. The first-order chi connectivity index (χ1) is 14.8. The zero-order valence-corrected chi connectivity index (χ0v) is 20.1. The van der Waals surface area contributed by atoms with Crippen LogP contribution in [-0.4, -0.2) is 36.0 Å². The molecule has 0 radical (unpaired) electrons. The molecular formula is C22H20Br2N2O5. The van der Waals surface area contributed by atoms with Crippen molar-refractivity contribution in [3.05, 3.63) is 67.7 Å². The van der Waals surface area contributed by atoms with Gasteiger partial charge in [0, 0.05) is 0 Å². The summed E-state index contributed by atoms with van der Waals surface area (Å²) in [6, 6.07) is 10.6. The second-order valence-electron chi connectivity index (χ2n) is 6.78. The van der Waals surface area contributed by atoms with E-state index in [0.29, 0.717) is 20.3 Å². The van der Waals surface area contributed by atoms with E-state index in [1.807, 2.05) is 31.2 Å². The van der Waals surface area contributed by atoms with Crippen LogP contribution >= 0.6 is 31.9 Å². The van der Waals surface area contributed by atoms with Crippen molar-refractivity contribution in [2.45, 2.75) is 20.4 Å². The highest BCUT2D eigenvalue weighted by Crippen LogP contribution is 2.35. The molecule has 0 saturated carbocycles. The van der Waals surface area contributed by atoms with Crippen molar-refractivity contribution in [1.82, 2.24) is 10.2 Å². The number of hydrogen-bond donors (Lipinski definition) is 1. The minimum atomic E-state index is -0.472. The van der Waals surface area contributed by atoms with E-state index < -0.39 is 17.9 Å². The second kappa shape index (κ2) is 10.1. The third kappa shape index (κ3) is 5.74. The maximum absolute atomic E-state index is 12.8.